The van der Waals surface area contributed by atoms with Crippen molar-refractivity contribution in [3.63, 3.8) is 0 Å². The van der Waals surface area contributed by atoms with Gasteiger partial charge in [0.25, 0.3) is 0 Å². The Morgan fingerprint density at radius 3 is 2.21 bits per heavy atom. The topological polar surface area (TPSA) is 9.23 Å². The number of ether oxygens (including phenoxy) is 1. The first kappa shape index (κ1) is 15.6. The molecule has 0 atom stereocenters. The molecule has 82 valence electrons. The average Bonchev–Trinajstić information content (AvgIpc) is 2.67. The van der Waals surface area contributed by atoms with Gasteiger partial charge in [-0.3, -0.25) is 0 Å². The monoisotopic (exact) mass is 218 g/mol. The van der Waals surface area contributed by atoms with Gasteiger partial charge in [0.05, 0.1) is 13.4 Å². The second-order valence-corrected chi connectivity index (χ2v) is 2.65. The molecule has 3 heteroatoms. The highest BCUT2D eigenvalue weighted by molar-refractivity contribution is 7.10. The lowest BCUT2D eigenvalue weighted by Crippen LogP contribution is -1.63. The molecule has 14 heavy (non-hydrogen) atoms. The van der Waals surface area contributed by atoms with Crippen LogP contribution in [0.25, 0.3) is 6.08 Å². The quantitative estimate of drug-likeness (QED) is 0.661. The van der Waals surface area contributed by atoms with Gasteiger partial charge in [-0.25, -0.2) is 4.39 Å². The highest BCUT2D eigenvalue weighted by Gasteiger charge is 1.92. The van der Waals surface area contributed by atoms with E-state index < -0.39 is 0 Å². The van der Waals surface area contributed by atoms with Gasteiger partial charge in [-0.05, 0) is 12.1 Å². The normalized spacial score (nSPS) is 8.43. The van der Waals surface area contributed by atoms with E-state index in [4.69, 9.17) is 0 Å². The predicted octanol–water partition coefficient (Wildman–Crippen LogP) is 4.56. The molecule has 0 bridgehead atoms. The van der Waals surface area contributed by atoms with Gasteiger partial charge in [-0.1, -0.05) is 27.7 Å². The third kappa shape index (κ3) is 7.80. The van der Waals surface area contributed by atoms with E-state index in [1.54, 1.807) is 13.2 Å². The molecule has 1 nitrogen and oxygen atoms in total. The first-order valence-corrected chi connectivity index (χ1v) is 5.64. The van der Waals surface area contributed by atoms with Gasteiger partial charge in [0, 0.05) is 10.3 Å². The van der Waals surface area contributed by atoms with E-state index in [1.165, 1.54) is 29.0 Å². The molecule has 1 aromatic rings. The highest BCUT2D eigenvalue weighted by atomic mass is 32.1. The van der Waals surface area contributed by atoms with Crippen molar-refractivity contribution >= 4 is 17.4 Å². The largest absolute Gasteiger partial charge is 0.504 e. The molecule has 0 saturated heterocycles. The summed E-state index contributed by atoms with van der Waals surface area (Å²) >= 11 is 1.35. The third-order valence-electron chi connectivity index (χ3n) is 0.956. The summed E-state index contributed by atoms with van der Waals surface area (Å²) in [5.41, 5.74) is 0. The fourth-order valence-electron chi connectivity index (χ4n) is 0.551. The van der Waals surface area contributed by atoms with Gasteiger partial charge in [0.1, 0.15) is 5.82 Å². The van der Waals surface area contributed by atoms with Crippen molar-refractivity contribution in [2.75, 3.05) is 7.11 Å². The van der Waals surface area contributed by atoms with Gasteiger partial charge in [-0.2, -0.15) is 0 Å². The maximum absolute atomic E-state index is 12.3. The molecule has 1 aromatic heterocycles. The average molecular weight is 218 g/mol. The third-order valence-corrected chi connectivity index (χ3v) is 1.83. The minimum absolute atomic E-state index is 0.194. The Bertz CT molecular complexity index is 231. The van der Waals surface area contributed by atoms with Crippen molar-refractivity contribution in [3.05, 3.63) is 28.4 Å². The summed E-state index contributed by atoms with van der Waals surface area (Å²) in [6, 6.07) is 1.46. The Balaban J connectivity index is 0. The highest BCUT2D eigenvalue weighted by Crippen LogP contribution is 2.14. The van der Waals surface area contributed by atoms with Crippen molar-refractivity contribution in [1.29, 1.82) is 0 Å². The molecule has 0 aliphatic heterocycles. The molecule has 1 rings (SSSR count). The van der Waals surface area contributed by atoms with Crippen LogP contribution in [0.4, 0.5) is 4.39 Å². The van der Waals surface area contributed by atoms with Crippen molar-refractivity contribution in [2.24, 2.45) is 0 Å². The van der Waals surface area contributed by atoms with E-state index >= 15 is 0 Å². The molecule has 0 spiro atoms. The summed E-state index contributed by atoms with van der Waals surface area (Å²) in [6.45, 7) is 8.00. The van der Waals surface area contributed by atoms with Crippen molar-refractivity contribution < 1.29 is 9.13 Å². The summed E-state index contributed by atoms with van der Waals surface area (Å²) in [6.07, 6.45) is 3.24. The van der Waals surface area contributed by atoms with Crippen LogP contribution in [0.2, 0.25) is 0 Å². The van der Waals surface area contributed by atoms with E-state index in [0.717, 1.165) is 4.88 Å². The van der Waals surface area contributed by atoms with Gasteiger partial charge in [0.2, 0.25) is 0 Å². The van der Waals surface area contributed by atoms with E-state index in [1.807, 2.05) is 27.7 Å². The number of methoxy groups -OCH3 is 1. The lowest BCUT2D eigenvalue weighted by Gasteiger charge is -1.83. The predicted molar refractivity (Wildman–Crippen MR) is 63.0 cm³/mol. The Morgan fingerprint density at radius 1 is 1.29 bits per heavy atom. The van der Waals surface area contributed by atoms with Gasteiger partial charge >= 0.3 is 0 Å². The van der Waals surface area contributed by atoms with E-state index in [-0.39, 0.29) is 5.82 Å². The lowest BCUT2D eigenvalue weighted by atomic mass is 10.4. The zero-order valence-electron chi connectivity index (χ0n) is 9.50. The molecule has 0 aliphatic rings. The zero-order valence-corrected chi connectivity index (χ0v) is 10.3. The molecule has 0 radical (unpaired) electrons. The number of rotatable bonds is 2. The van der Waals surface area contributed by atoms with Crippen LogP contribution in [0.3, 0.4) is 0 Å². The van der Waals surface area contributed by atoms with E-state index in [0.29, 0.717) is 0 Å². The van der Waals surface area contributed by atoms with Crippen molar-refractivity contribution in [1.82, 2.24) is 0 Å². The number of thiophene rings is 1. The first-order valence-electron chi connectivity index (χ1n) is 4.76. The lowest BCUT2D eigenvalue weighted by molar-refractivity contribution is 0.341. The van der Waals surface area contributed by atoms with Crippen LogP contribution in [-0.4, -0.2) is 7.11 Å². The Kier molecular flexibility index (Phi) is 13.6. The second-order valence-electron chi connectivity index (χ2n) is 1.71. The Labute approximate surface area is 90.2 Å². The molecule has 1 heterocycles. The molecule has 0 unspecified atom stereocenters. The van der Waals surface area contributed by atoms with Crippen LogP contribution in [0.5, 0.6) is 0 Å². The fraction of sp³-hybridized carbons (Fsp3) is 0.455. The van der Waals surface area contributed by atoms with E-state index in [2.05, 4.69) is 4.74 Å². The van der Waals surface area contributed by atoms with Crippen molar-refractivity contribution in [2.45, 2.75) is 27.7 Å². The SMILES string of the molecule is CC.CC.CO/C=C/c1cc(F)cs1. The summed E-state index contributed by atoms with van der Waals surface area (Å²) in [4.78, 5) is 0.861. The molecule has 0 N–H and O–H groups in total. The van der Waals surface area contributed by atoms with Crippen LogP contribution in [0.1, 0.15) is 32.6 Å². The molecule has 0 aromatic carbocycles. The van der Waals surface area contributed by atoms with Gasteiger partial charge in [-0.15, -0.1) is 11.3 Å². The number of hydrogen-bond acceptors (Lipinski definition) is 2. The van der Waals surface area contributed by atoms with E-state index in [9.17, 15) is 4.39 Å². The molecule has 0 amide bonds. The smallest absolute Gasteiger partial charge is 0.134 e. The Hall–Kier alpha value is -0.830. The summed E-state index contributed by atoms with van der Waals surface area (Å²) in [5.74, 6) is -0.194. The number of hydrogen-bond donors (Lipinski definition) is 0. The maximum atomic E-state index is 12.3. The standard InChI is InChI=1S/C7H7FOS.2C2H6/c1-9-3-2-7-4-6(8)5-10-7;2*1-2/h2-5H,1H3;2*1-2H3/b3-2+;;. The zero-order chi connectivity index (χ0) is 11.4. The fourth-order valence-corrected chi connectivity index (χ4v) is 1.18. The molecular formula is C11H19FOS. The maximum Gasteiger partial charge on any atom is 0.134 e. The Morgan fingerprint density at radius 2 is 1.86 bits per heavy atom. The van der Waals surface area contributed by atoms with Gasteiger partial charge in [0.15, 0.2) is 0 Å². The van der Waals surface area contributed by atoms with Gasteiger partial charge < -0.3 is 4.74 Å². The molecular weight excluding hydrogens is 199 g/mol. The molecule has 0 saturated carbocycles. The summed E-state index contributed by atoms with van der Waals surface area (Å²) in [7, 11) is 1.56. The summed E-state index contributed by atoms with van der Waals surface area (Å²) < 4.78 is 16.9. The van der Waals surface area contributed by atoms with Crippen LogP contribution in [-0.2, 0) is 4.74 Å². The van der Waals surface area contributed by atoms with Crippen LogP contribution >= 0.6 is 11.3 Å². The van der Waals surface area contributed by atoms with Crippen molar-refractivity contribution in [3.8, 4) is 0 Å². The second kappa shape index (κ2) is 12.2. The van der Waals surface area contributed by atoms with Crippen LogP contribution < -0.4 is 0 Å². The van der Waals surface area contributed by atoms with Crippen LogP contribution in [0.15, 0.2) is 17.7 Å². The molecule has 0 aliphatic carbocycles. The first-order chi connectivity index (χ1) is 6.83. The minimum atomic E-state index is -0.194. The van der Waals surface area contributed by atoms with Crippen LogP contribution in [0, 0.1) is 5.82 Å². The number of halogens is 1. The summed E-state index contributed by atoms with van der Waals surface area (Å²) in [5, 5.41) is 1.45. The minimum Gasteiger partial charge on any atom is -0.504 e. The molecule has 0 fully saturated rings.